The van der Waals surface area contributed by atoms with Crippen LogP contribution < -0.4 is 4.74 Å². The number of allylic oxidation sites excluding steroid dienone is 4. The zero-order chi connectivity index (χ0) is 22.6. The highest BCUT2D eigenvalue weighted by molar-refractivity contribution is 6.07. The molecule has 2 aliphatic carbocycles. The highest BCUT2D eigenvalue weighted by Crippen LogP contribution is 2.54. The third-order valence-corrected chi connectivity index (χ3v) is 6.77. The molecule has 4 nitrogen and oxygen atoms in total. The van der Waals surface area contributed by atoms with Crippen LogP contribution in [0.5, 0.6) is 5.75 Å². The standard InChI is InChI=1S/C27H33NO3/c1-7-12-31-22-11-9-8-10-17(22)23-24-18(13-26(2,3)15-20(24)29)28(6)19-14-27(4,5)16-21(30)25(19)23/h7-11,23H,1,12-16H2,2-6H3. The molecule has 1 heterocycles. The average molecular weight is 420 g/mol. The van der Waals surface area contributed by atoms with Crippen molar-refractivity contribution in [2.45, 2.75) is 59.3 Å². The lowest BCUT2D eigenvalue weighted by molar-refractivity contribution is -0.119. The fourth-order valence-electron chi connectivity index (χ4n) is 5.47. The molecule has 0 amide bonds. The van der Waals surface area contributed by atoms with E-state index in [-0.39, 0.29) is 28.3 Å². The maximum atomic E-state index is 13.5. The fraction of sp³-hybridized carbons (Fsp3) is 0.481. The Morgan fingerprint density at radius 1 is 0.968 bits per heavy atom. The molecule has 4 rings (SSSR count). The Morgan fingerprint density at radius 3 is 2.00 bits per heavy atom. The van der Waals surface area contributed by atoms with Gasteiger partial charge in [0.25, 0.3) is 0 Å². The molecule has 31 heavy (non-hydrogen) atoms. The summed E-state index contributed by atoms with van der Waals surface area (Å²) >= 11 is 0. The van der Waals surface area contributed by atoms with Crippen LogP contribution in [-0.2, 0) is 9.59 Å². The van der Waals surface area contributed by atoms with Gasteiger partial charge in [-0.05, 0) is 29.7 Å². The van der Waals surface area contributed by atoms with Crippen molar-refractivity contribution in [3.8, 4) is 5.75 Å². The molecular formula is C27H33NO3. The van der Waals surface area contributed by atoms with Crippen molar-refractivity contribution in [1.29, 1.82) is 0 Å². The number of carbonyl (C=O) groups excluding carboxylic acids is 2. The predicted molar refractivity (Wildman–Crippen MR) is 123 cm³/mol. The summed E-state index contributed by atoms with van der Waals surface area (Å²) in [6.45, 7) is 12.7. The molecule has 0 unspecified atom stereocenters. The molecular weight excluding hydrogens is 386 g/mol. The smallest absolute Gasteiger partial charge is 0.162 e. The van der Waals surface area contributed by atoms with Gasteiger partial charge in [0.05, 0.1) is 0 Å². The molecule has 3 aliphatic rings. The average Bonchev–Trinajstić information content (AvgIpc) is 2.67. The summed E-state index contributed by atoms with van der Waals surface area (Å²) in [5.74, 6) is 0.636. The molecule has 0 fully saturated rings. The number of rotatable bonds is 4. The van der Waals surface area contributed by atoms with E-state index in [1.54, 1.807) is 6.08 Å². The molecule has 1 aliphatic heterocycles. The van der Waals surface area contributed by atoms with Gasteiger partial charge in [-0.3, -0.25) is 9.59 Å². The van der Waals surface area contributed by atoms with Crippen LogP contribution in [-0.4, -0.2) is 30.1 Å². The second-order valence-corrected chi connectivity index (χ2v) is 10.7. The van der Waals surface area contributed by atoms with E-state index in [4.69, 9.17) is 4.74 Å². The van der Waals surface area contributed by atoms with Crippen molar-refractivity contribution in [2.24, 2.45) is 10.8 Å². The van der Waals surface area contributed by atoms with Gasteiger partial charge in [-0.15, -0.1) is 0 Å². The fourth-order valence-corrected chi connectivity index (χ4v) is 5.47. The lowest BCUT2D eigenvalue weighted by Gasteiger charge is -2.48. The van der Waals surface area contributed by atoms with Crippen LogP contribution in [0.25, 0.3) is 0 Å². The lowest BCUT2D eigenvalue weighted by Crippen LogP contribution is -2.43. The second kappa shape index (κ2) is 7.51. The molecule has 0 saturated carbocycles. The Morgan fingerprint density at radius 2 is 1.48 bits per heavy atom. The van der Waals surface area contributed by atoms with E-state index < -0.39 is 0 Å². The summed E-state index contributed by atoms with van der Waals surface area (Å²) in [4.78, 5) is 29.2. The molecule has 0 bridgehead atoms. The Labute approximate surface area is 185 Å². The molecule has 0 atom stereocenters. The first-order valence-electron chi connectivity index (χ1n) is 11.1. The molecule has 164 valence electrons. The van der Waals surface area contributed by atoms with Crippen LogP contribution in [0.15, 0.2) is 59.5 Å². The van der Waals surface area contributed by atoms with E-state index in [0.717, 1.165) is 40.9 Å². The van der Waals surface area contributed by atoms with Gasteiger partial charge in [0.2, 0.25) is 0 Å². The number of benzene rings is 1. The minimum Gasteiger partial charge on any atom is -0.489 e. The molecule has 4 heteroatoms. The minimum absolute atomic E-state index is 0.0974. The summed E-state index contributed by atoms with van der Waals surface area (Å²) in [6, 6.07) is 7.82. The van der Waals surface area contributed by atoms with Gasteiger partial charge in [-0.1, -0.05) is 58.5 Å². The Hall–Kier alpha value is -2.62. The number of hydrogen-bond donors (Lipinski definition) is 0. The van der Waals surface area contributed by atoms with Gasteiger partial charge < -0.3 is 9.64 Å². The molecule has 1 aromatic carbocycles. The first-order valence-corrected chi connectivity index (χ1v) is 11.1. The summed E-state index contributed by atoms with van der Waals surface area (Å²) in [5.41, 5.74) is 4.40. The normalized spacial score (nSPS) is 22.9. The molecule has 0 spiro atoms. The van der Waals surface area contributed by atoms with Crippen molar-refractivity contribution in [2.75, 3.05) is 13.7 Å². The van der Waals surface area contributed by atoms with Crippen LogP contribution in [0.1, 0.15) is 64.9 Å². The van der Waals surface area contributed by atoms with Crippen molar-refractivity contribution in [1.82, 2.24) is 4.90 Å². The van der Waals surface area contributed by atoms with E-state index in [1.807, 2.05) is 31.3 Å². The number of hydrogen-bond acceptors (Lipinski definition) is 4. The third-order valence-electron chi connectivity index (χ3n) is 6.77. The molecule has 1 aromatic rings. The van der Waals surface area contributed by atoms with E-state index >= 15 is 0 Å². The Balaban J connectivity index is 1.97. The Bertz CT molecular complexity index is 971. The molecule has 0 saturated heterocycles. The number of para-hydroxylation sites is 1. The van der Waals surface area contributed by atoms with E-state index in [2.05, 4.69) is 39.2 Å². The zero-order valence-electron chi connectivity index (χ0n) is 19.4. The molecule has 0 aromatic heterocycles. The second-order valence-electron chi connectivity index (χ2n) is 10.7. The van der Waals surface area contributed by atoms with Crippen LogP contribution in [0, 0.1) is 10.8 Å². The minimum atomic E-state index is -0.366. The number of ketones is 2. The van der Waals surface area contributed by atoms with Crippen LogP contribution >= 0.6 is 0 Å². The lowest BCUT2D eigenvalue weighted by atomic mass is 9.63. The van der Waals surface area contributed by atoms with Crippen molar-refractivity contribution < 1.29 is 14.3 Å². The Kier molecular flexibility index (Phi) is 5.23. The third kappa shape index (κ3) is 3.77. The largest absolute Gasteiger partial charge is 0.489 e. The van der Waals surface area contributed by atoms with Crippen molar-refractivity contribution >= 4 is 11.6 Å². The zero-order valence-corrected chi connectivity index (χ0v) is 19.4. The van der Waals surface area contributed by atoms with Crippen molar-refractivity contribution in [3.63, 3.8) is 0 Å². The maximum Gasteiger partial charge on any atom is 0.162 e. The molecule has 0 N–H and O–H groups in total. The highest BCUT2D eigenvalue weighted by Gasteiger charge is 2.48. The first kappa shape index (κ1) is 21.6. The number of ether oxygens (including phenoxy) is 1. The maximum absolute atomic E-state index is 13.5. The van der Waals surface area contributed by atoms with Gasteiger partial charge in [-0.2, -0.15) is 0 Å². The van der Waals surface area contributed by atoms with Gasteiger partial charge in [0.15, 0.2) is 11.6 Å². The summed E-state index contributed by atoms with van der Waals surface area (Å²) in [6.07, 6.45) is 4.34. The van der Waals surface area contributed by atoms with E-state index in [9.17, 15) is 9.59 Å². The van der Waals surface area contributed by atoms with Gasteiger partial charge in [0.1, 0.15) is 12.4 Å². The van der Waals surface area contributed by atoms with Crippen molar-refractivity contribution in [3.05, 3.63) is 65.0 Å². The van der Waals surface area contributed by atoms with Gasteiger partial charge in [-0.25, -0.2) is 0 Å². The first-order chi connectivity index (χ1) is 14.5. The highest BCUT2D eigenvalue weighted by atomic mass is 16.5. The van der Waals surface area contributed by atoms with Crippen LogP contribution in [0.2, 0.25) is 0 Å². The van der Waals surface area contributed by atoms with Gasteiger partial charge in [0, 0.05) is 53.9 Å². The number of Topliss-reactive ketones (excluding diaryl/α,β-unsaturated/α-hetero) is 2. The number of carbonyl (C=O) groups is 2. The quantitative estimate of drug-likeness (QED) is 0.599. The SMILES string of the molecule is C=CCOc1ccccc1C1C2=C(CC(C)(C)CC2=O)N(C)C2=C1C(=O)CC(C)(C)C2. The van der Waals surface area contributed by atoms with Crippen LogP contribution in [0.4, 0.5) is 0 Å². The topological polar surface area (TPSA) is 46.6 Å². The summed E-state index contributed by atoms with van der Waals surface area (Å²) in [7, 11) is 2.03. The number of nitrogens with zero attached hydrogens (tertiary/aromatic N) is 1. The monoisotopic (exact) mass is 419 g/mol. The van der Waals surface area contributed by atoms with E-state index in [0.29, 0.717) is 25.2 Å². The summed E-state index contributed by atoms with van der Waals surface area (Å²) in [5, 5.41) is 0. The predicted octanol–water partition coefficient (Wildman–Crippen LogP) is 5.57. The molecule has 0 radical (unpaired) electrons. The summed E-state index contributed by atoms with van der Waals surface area (Å²) < 4.78 is 5.98. The van der Waals surface area contributed by atoms with Crippen LogP contribution in [0.3, 0.4) is 0 Å². The van der Waals surface area contributed by atoms with E-state index in [1.165, 1.54) is 0 Å². The van der Waals surface area contributed by atoms with Gasteiger partial charge >= 0.3 is 0 Å².